The highest BCUT2D eigenvalue weighted by Gasteiger charge is 2.37. The molecule has 1 saturated heterocycles. The average Bonchev–Trinajstić information content (AvgIpc) is 2.83. The number of nitrogens with one attached hydrogen (secondary N) is 1. The Labute approximate surface area is 200 Å². The largest absolute Gasteiger partial charge is 0.488 e. The minimum absolute atomic E-state index is 0.0370. The first kappa shape index (κ1) is 23.4. The smallest absolute Gasteiger partial charge is 0.335 e. The summed E-state index contributed by atoms with van der Waals surface area (Å²) in [5.41, 5.74) is 2.98. The van der Waals surface area contributed by atoms with Crippen molar-refractivity contribution in [1.82, 2.24) is 5.32 Å². The number of carbonyl (C=O) groups is 3. The predicted molar refractivity (Wildman–Crippen MR) is 129 cm³/mol. The van der Waals surface area contributed by atoms with Crippen LogP contribution in [0.3, 0.4) is 0 Å². The molecule has 1 aliphatic heterocycles. The molecule has 9 heteroatoms. The summed E-state index contributed by atoms with van der Waals surface area (Å²) in [4.78, 5) is 49.7. The molecule has 0 aliphatic carbocycles. The summed E-state index contributed by atoms with van der Waals surface area (Å²) in [6, 6.07) is 17.1. The molecule has 0 radical (unpaired) electrons. The first-order valence-electron chi connectivity index (χ1n) is 10.7. The molecule has 0 atom stereocenters. The summed E-state index contributed by atoms with van der Waals surface area (Å²) in [5.74, 6) is -1.20. The van der Waals surface area contributed by atoms with Gasteiger partial charge in [-0.25, -0.2) is 9.69 Å². The normalized spacial score (nSPS) is 14.7. The number of para-hydroxylation sites is 1. The quantitative estimate of drug-likeness (QED) is 0.245. The number of urea groups is 1. The Morgan fingerprint density at radius 2 is 1.74 bits per heavy atom. The number of imide groups is 2. The molecule has 0 spiro atoms. The molecule has 0 bridgehead atoms. The van der Waals surface area contributed by atoms with Crippen molar-refractivity contribution in [1.29, 1.82) is 0 Å². The summed E-state index contributed by atoms with van der Waals surface area (Å²) in [6.45, 7) is 3.81. The molecule has 9 nitrogen and oxygen atoms in total. The molecule has 0 aromatic heterocycles. The van der Waals surface area contributed by atoms with E-state index in [4.69, 9.17) is 4.74 Å². The monoisotopic (exact) mass is 471 g/mol. The minimum atomic E-state index is -0.824. The number of amides is 4. The summed E-state index contributed by atoms with van der Waals surface area (Å²) in [5, 5.41) is 13.2. The van der Waals surface area contributed by atoms with Crippen LogP contribution in [-0.2, 0) is 16.2 Å². The van der Waals surface area contributed by atoms with Gasteiger partial charge < -0.3 is 4.74 Å². The Hall–Kier alpha value is -4.79. The maximum Gasteiger partial charge on any atom is 0.335 e. The van der Waals surface area contributed by atoms with E-state index in [9.17, 15) is 24.5 Å². The molecule has 4 rings (SSSR count). The van der Waals surface area contributed by atoms with E-state index in [2.05, 4.69) is 5.32 Å². The highest BCUT2D eigenvalue weighted by atomic mass is 16.6. The van der Waals surface area contributed by atoms with Gasteiger partial charge >= 0.3 is 6.03 Å². The van der Waals surface area contributed by atoms with Crippen molar-refractivity contribution in [3.63, 3.8) is 0 Å². The number of hydrogen-bond donors (Lipinski definition) is 1. The van der Waals surface area contributed by atoms with Crippen LogP contribution >= 0.6 is 0 Å². The molecule has 1 heterocycles. The molecule has 3 aromatic rings. The Morgan fingerprint density at radius 3 is 2.49 bits per heavy atom. The van der Waals surface area contributed by atoms with Gasteiger partial charge in [-0.15, -0.1) is 0 Å². The number of rotatable bonds is 6. The van der Waals surface area contributed by atoms with Crippen molar-refractivity contribution < 1.29 is 24.0 Å². The number of ether oxygens (including phenoxy) is 1. The van der Waals surface area contributed by atoms with Crippen molar-refractivity contribution in [2.75, 3.05) is 4.90 Å². The lowest BCUT2D eigenvalue weighted by molar-refractivity contribution is -0.384. The molecular weight excluding hydrogens is 450 g/mol. The van der Waals surface area contributed by atoms with Crippen LogP contribution in [-0.4, -0.2) is 22.8 Å². The highest BCUT2D eigenvalue weighted by Crippen LogP contribution is 2.27. The van der Waals surface area contributed by atoms with Gasteiger partial charge in [0.05, 0.1) is 10.6 Å². The van der Waals surface area contributed by atoms with Crippen LogP contribution in [0.15, 0.2) is 72.3 Å². The van der Waals surface area contributed by atoms with E-state index >= 15 is 0 Å². The van der Waals surface area contributed by atoms with E-state index in [0.717, 1.165) is 16.0 Å². The lowest BCUT2D eigenvalue weighted by Gasteiger charge is -2.27. The van der Waals surface area contributed by atoms with Gasteiger partial charge in [-0.05, 0) is 54.8 Å². The number of aryl methyl sites for hydroxylation is 2. The lowest BCUT2D eigenvalue weighted by Crippen LogP contribution is -2.54. The third kappa shape index (κ3) is 4.93. The third-order valence-corrected chi connectivity index (χ3v) is 5.58. The van der Waals surface area contributed by atoms with Crippen LogP contribution < -0.4 is 15.0 Å². The number of barbiturate groups is 1. The number of nitro benzene ring substituents is 1. The predicted octanol–water partition coefficient (Wildman–Crippen LogP) is 4.46. The zero-order chi connectivity index (χ0) is 25.1. The van der Waals surface area contributed by atoms with Gasteiger partial charge in [-0.3, -0.25) is 25.0 Å². The standard InChI is InChI=1S/C26H21N3O6/c1-16-10-11-20(12-17(16)2)28-25(31)22(24(30)27-26(28)32)14-19-7-3-4-9-23(19)35-15-18-6-5-8-21(13-18)29(33)34/h3-14H,15H2,1-2H3,(H,27,30,32)/b22-14+. The van der Waals surface area contributed by atoms with Gasteiger partial charge in [0, 0.05) is 17.7 Å². The van der Waals surface area contributed by atoms with Gasteiger partial charge in [0.25, 0.3) is 17.5 Å². The first-order chi connectivity index (χ1) is 16.7. The van der Waals surface area contributed by atoms with Crippen molar-refractivity contribution in [3.05, 3.63) is 105 Å². The molecule has 3 aromatic carbocycles. The van der Waals surface area contributed by atoms with Gasteiger partial charge in [-0.1, -0.05) is 36.4 Å². The number of nitrogens with zero attached hydrogens (tertiary/aromatic N) is 2. The Morgan fingerprint density at radius 1 is 0.971 bits per heavy atom. The van der Waals surface area contributed by atoms with Gasteiger partial charge in [0.2, 0.25) is 0 Å². The second-order valence-corrected chi connectivity index (χ2v) is 7.98. The molecule has 35 heavy (non-hydrogen) atoms. The average molecular weight is 471 g/mol. The lowest BCUT2D eigenvalue weighted by atomic mass is 10.0. The van der Waals surface area contributed by atoms with Crippen LogP contribution in [0.5, 0.6) is 5.75 Å². The fourth-order valence-electron chi connectivity index (χ4n) is 3.56. The fraction of sp³-hybridized carbons (Fsp3) is 0.115. The first-order valence-corrected chi connectivity index (χ1v) is 10.7. The van der Waals surface area contributed by atoms with Gasteiger partial charge in [0.15, 0.2) is 0 Å². The fourth-order valence-corrected chi connectivity index (χ4v) is 3.56. The molecule has 176 valence electrons. The van der Waals surface area contributed by atoms with Gasteiger partial charge in [-0.2, -0.15) is 0 Å². The molecule has 1 aliphatic rings. The van der Waals surface area contributed by atoms with E-state index in [-0.39, 0.29) is 17.9 Å². The maximum absolute atomic E-state index is 13.2. The number of hydrogen-bond acceptors (Lipinski definition) is 6. The summed E-state index contributed by atoms with van der Waals surface area (Å²) < 4.78 is 5.84. The summed E-state index contributed by atoms with van der Waals surface area (Å²) in [6.07, 6.45) is 1.36. The minimum Gasteiger partial charge on any atom is -0.488 e. The van der Waals surface area contributed by atoms with Gasteiger partial charge in [0.1, 0.15) is 17.9 Å². The van der Waals surface area contributed by atoms with Crippen LogP contribution in [0, 0.1) is 24.0 Å². The number of benzene rings is 3. The van der Waals surface area contributed by atoms with E-state index < -0.39 is 22.8 Å². The Kier molecular flexibility index (Phi) is 6.41. The van der Waals surface area contributed by atoms with E-state index in [0.29, 0.717) is 22.6 Å². The van der Waals surface area contributed by atoms with Crippen LogP contribution in [0.4, 0.5) is 16.2 Å². The molecule has 0 unspecified atom stereocenters. The molecule has 1 N–H and O–H groups in total. The van der Waals surface area contributed by atoms with Crippen molar-refractivity contribution in [2.45, 2.75) is 20.5 Å². The van der Waals surface area contributed by atoms with Crippen molar-refractivity contribution >= 4 is 35.3 Å². The molecule has 0 saturated carbocycles. The van der Waals surface area contributed by atoms with Crippen LogP contribution in [0.2, 0.25) is 0 Å². The number of nitro groups is 1. The Balaban J connectivity index is 1.63. The van der Waals surface area contributed by atoms with E-state index in [1.54, 1.807) is 54.6 Å². The second kappa shape index (κ2) is 9.60. The maximum atomic E-state index is 13.2. The third-order valence-electron chi connectivity index (χ3n) is 5.58. The molecule has 4 amide bonds. The van der Waals surface area contributed by atoms with E-state index in [1.807, 2.05) is 13.8 Å². The van der Waals surface area contributed by atoms with Crippen LogP contribution in [0.1, 0.15) is 22.3 Å². The van der Waals surface area contributed by atoms with Crippen molar-refractivity contribution in [3.8, 4) is 5.75 Å². The number of carbonyl (C=O) groups excluding carboxylic acids is 3. The van der Waals surface area contributed by atoms with Crippen LogP contribution in [0.25, 0.3) is 6.08 Å². The van der Waals surface area contributed by atoms with Crippen molar-refractivity contribution in [2.24, 2.45) is 0 Å². The topological polar surface area (TPSA) is 119 Å². The number of non-ortho nitro benzene ring substituents is 1. The zero-order valence-corrected chi connectivity index (χ0v) is 19.0. The SMILES string of the molecule is Cc1ccc(N2C(=O)NC(=O)/C(=C\c3ccccc3OCc3cccc([N+](=O)[O-])c3)C2=O)cc1C. The molecule has 1 fully saturated rings. The number of anilines is 1. The zero-order valence-electron chi connectivity index (χ0n) is 19.0. The second-order valence-electron chi connectivity index (χ2n) is 7.98. The summed E-state index contributed by atoms with van der Waals surface area (Å²) in [7, 11) is 0. The highest BCUT2D eigenvalue weighted by molar-refractivity contribution is 6.39. The van der Waals surface area contributed by atoms with E-state index in [1.165, 1.54) is 18.2 Å². The molecular formula is C26H21N3O6. The Bertz CT molecular complexity index is 1400. The summed E-state index contributed by atoms with van der Waals surface area (Å²) >= 11 is 0.